The highest BCUT2D eigenvalue weighted by molar-refractivity contribution is 5.92. The second-order valence-corrected chi connectivity index (χ2v) is 6.99. The highest BCUT2D eigenvalue weighted by Crippen LogP contribution is 2.33. The lowest BCUT2D eigenvalue weighted by Crippen LogP contribution is -2.31. The highest BCUT2D eigenvalue weighted by atomic mass is 35.5. The Morgan fingerprint density at radius 2 is 1.93 bits per heavy atom. The number of rotatable bonds is 4. The van der Waals surface area contributed by atoms with E-state index in [9.17, 15) is 4.79 Å². The number of ether oxygens (including phenoxy) is 1. The molecule has 1 aromatic carbocycles. The van der Waals surface area contributed by atoms with Gasteiger partial charge in [0.1, 0.15) is 5.75 Å². The fourth-order valence-electron chi connectivity index (χ4n) is 3.95. The minimum Gasteiger partial charge on any atom is -0.497 e. The Hall–Kier alpha value is -2.12. The fourth-order valence-corrected chi connectivity index (χ4v) is 3.95. The Kier molecular flexibility index (Phi) is 6.34. The maximum absolute atomic E-state index is 13.0. The molecule has 8 heteroatoms. The lowest BCUT2D eigenvalue weighted by Gasteiger charge is -2.24. The van der Waals surface area contributed by atoms with Crippen molar-refractivity contribution in [2.45, 2.75) is 37.8 Å². The number of hydrogen-bond donors (Lipinski definition) is 1. The third kappa shape index (κ3) is 4.09. The first-order valence-electron chi connectivity index (χ1n) is 9.34. The summed E-state index contributed by atoms with van der Waals surface area (Å²) in [5, 5.41) is 11.7. The summed E-state index contributed by atoms with van der Waals surface area (Å²) < 4.78 is 7.10. The first-order chi connectivity index (χ1) is 12.8. The van der Waals surface area contributed by atoms with Gasteiger partial charge in [-0.3, -0.25) is 4.79 Å². The molecule has 1 amide bonds. The number of nitrogens with one attached hydrogen (secondary N) is 1. The molecule has 2 aliphatic heterocycles. The van der Waals surface area contributed by atoms with Crippen molar-refractivity contribution in [3.63, 3.8) is 0 Å². The largest absolute Gasteiger partial charge is 0.497 e. The summed E-state index contributed by atoms with van der Waals surface area (Å²) in [4.78, 5) is 15.0. The highest BCUT2D eigenvalue weighted by Gasteiger charge is 2.32. The van der Waals surface area contributed by atoms with Gasteiger partial charge in [0.15, 0.2) is 5.69 Å². The fraction of sp³-hybridized carbons (Fsp3) is 0.526. The minimum atomic E-state index is -0.0245. The van der Waals surface area contributed by atoms with Crippen LogP contribution in [0.3, 0.4) is 0 Å². The summed E-state index contributed by atoms with van der Waals surface area (Å²) in [6.07, 6.45) is 5.84. The van der Waals surface area contributed by atoms with Gasteiger partial charge in [-0.2, -0.15) is 0 Å². The van der Waals surface area contributed by atoms with Gasteiger partial charge in [0.25, 0.3) is 5.91 Å². The zero-order chi connectivity index (χ0) is 17.9. The summed E-state index contributed by atoms with van der Waals surface area (Å²) in [5.41, 5.74) is 1.59. The van der Waals surface area contributed by atoms with Crippen molar-refractivity contribution in [3.05, 3.63) is 41.7 Å². The van der Waals surface area contributed by atoms with Gasteiger partial charge in [0, 0.05) is 6.54 Å². The molecule has 0 radical (unpaired) electrons. The van der Waals surface area contributed by atoms with Gasteiger partial charge >= 0.3 is 0 Å². The number of halogens is 1. The zero-order valence-electron chi connectivity index (χ0n) is 15.5. The molecule has 0 saturated carbocycles. The van der Waals surface area contributed by atoms with Crippen LogP contribution in [0, 0.1) is 0 Å². The van der Waals surface area contributed by atoms with Crippen LogP contribution < -0.4 is 10.1 Å². The van der Waals surface area contributed by atoms with E-state index >= 15 is 0 Å². The molecule has 2 aromatic rings. The average Bonchev–Trinajstić information content (AvgIpc) is 3.38. The Bertz CT molecular complexity index is 758. The maximum atomic E-state index is 13.0. The summed E-state index contributed by atoms with van der Waals surface area (Å²) in [5.74, 6) is 0.804. The number of carbonyl (C=O) groups excluding carboxylic acids is 1. The average molecular weight is 392 g/mol. The van der Waals surface area contributed by atoms with Gasteiger partial charge in [0.05, 0.1) is 25.4 Å². The lowest BCUT2D eigenvalue weighted by molar-refractivity contribution is 0.0729. The molecule has 2 saturated heterocycles. The normalized spacial score (nSPS) is 20.3. The molecular weight excluding hydrogens is 366 g/mol. The van der Waals surface area contributed by atoms with E-state index in [-0.39, 0.29) is 24.4 Å². The van der Waals surface area contributed by atoms with E-state index < -0.39 is 0 Å². The van der Waals surface area contributed by atoms with Crippen LogP contribution in [0.5, 0.6) is 5.75 Å². The predicted molar refractivity (Wildman–Crippen MR) is 104 cm³/mol. The standard InChI is InChI=1S/C19H25N5O2.ClH/c1-26-16-6-4-14(5-7-16)18-3-2-12-23(18)19(25)17-13-24(22-21-17)15-8-10-20-11-9-15;/h4-7,13,15,18,20H,2-3,8-12H2,1H3;1H. The first kappa shape index (κ1) is 19.6. The molecule has 4 rings (SSSR count). The van der Waals surface area contributed by atoms with Gasteiger partial charge in [-0.25, -0.2) is 4.68 Å². The molecule has 2 fully saturated rings. The van der Waals surface area contributed by atoms with Crippen molar-refractivity contribution in [3.8, 4) is 5.75 Å². The van der Waals surface area contributed by atoms with E-state index in [0.717, 1.165) is 56.6 Å². The van der Waals surface area contributed by atoms with Crippen molar-refractivity contribution in [1.82, 2.24) is 25.2 Å². The molecule has 1 atom stereocenters. The number of methoxy groups -OCH3 is 1. The molecule has 0 aliphatic carbocycles. The lowest BCUT2D eigenvalue weighted by atomic mass is 10.0. The van der Waals surface area contributed by atoms with Gasteiger partial charge in [-0.15, -0.1) is 17.5 Å². The summed E-state index contributed by atoms with van der Waals surface area (Å²) >= 11 is 0. The van der Waals surface area contributed by atoms with E-state index in [1.165, 1.54) is 0 Å². The molecule has 7 nitrogen and oxygen atoms in total. The van der Waals surface area contributed by atoms with Crippen LogP contribution in [0.15, 0.2) is 30.5 Å². The molecular formula is C19H26ClN5O2. The van der Waals surface area contributed by atoms with E-state index in [1.807, 2.05) is 40.0 Å². The number of amides is 1. The predicted octanol–water partition coefficient (Wildman–Crippen LogP) is 2.61. The maximum Gasteiger partial charge on any atom is 0.276 e. The van der Waals surface area contributed by atoms with Crippen LogP contribution >= 0.6 is 12.4 Å². The minimum absolute atomic E-state index is 0. The third-order valence-corrected chi connectivity index (χ3v) is 5.43. The smallest absolute Gasteiger partial charge is 0.276 e. The quantitative estimate of drug-likeness (QED) is 0.867. The molecule has 1 aromatic heterocycles. The second-order valence-electron chi connectivity index (χ2n) is 6.99. The summed E-state index contributed by atoms with van der Waals surface area (Å²) in [6, 6.07) is 8.41. The van der Waals surface area contributed by atoms with Crippen molar-refractivity contribution in [2.75, 3.05) is 26.7 Å². The molecule has 1 N–H and O–H groups in total. The van der Waals surface area contributed by atoms with E-state index in [4.69, 9.17) is 4.74 Å². The molecule has 0 bridgehead atoms. The number of hydrogen-bond acceptors (Lipinski definition) is 5. The Morgan fingerprint density at radius 3 is 2.63 bits per heavy atom. The van der Waals surface area contributed by atoms with Crippen LogP contribution in [0.25, 0.3) is 0 Å². The summed E-state index contributed by atoms with van der Waals surface area (Å²) in [6.45, 7) is 2.73. The Morgan fingerprint density at radius 1 is 1.19 bits per heavy atom. The van der Waals surface area contributed by atoms with Crippen LogP contribution in [-0.2, 0) is 0 Å². The van der Waals surface area contributed by atoms with Gasteiger partial charge in [-0.1, -0.05) is 17.3 Å². The number of nitrogens with zero attached hydrogens (tertiary/aromatic N) is 4. The van der Waals surface area contributed by atoms with Gasteiger partial charge in [-0.05, 0) is 56.5 Å². The molecule has 0 spiro atoms. The van der Waals surface area contributed by atoms with Crippen molar-refractivity contribution < 1.29 is 9.53 Å². The van der Waals surface area contributed by atoms with E-state index in [2.05, 4.69) is 15.6 Å². The zero-order valence-corrected chi connectivity index (χ0v) is 16.3. The van der Waals surface area contributed by atoms with Crippen LogP contribution in [0.2, 0.25) is 0 Å². The summed E-state index contributed by atoms with van der Waals surface area (Å²) in [7, 11) is 1.66. The molecule has 27 heavy (non-hydrogen) atoms. The monoisotopic (exact) mass is 391 g/mol. The van der Waals surface area contributed by atoms with Gasteiger partial charge in [0.2, 0.25) is 0 Å². The topological polar surface area (TPSA) is 72.3 Å². The molecule has 3 heterocycles. The van der Waals surface area contributed by atoms with Crippen molar-refractivity contribution >= 4 is 18.3 Å². The number of likely N-dealkylation sites (tertiary alicyclic amines) is 1. The van der Waals surface area contributed by atoms with Crippen LogP contribution in [0.4, 0.5) is 0 Å². The Balaban J connectivity index is 0.00000210. The number of piperidine rings is 1. The SMILES string of the molecule is COc1ccc(C2CCCN2C(=O)c2cn(C3CCNCC3)nn2)cc1.Cl. The second kappa shape index (κ2) is 8.71. The molecule has 1 unspecified atom stereocenters. The van der Waals surface area contributed by atoms with Crippen molar-refractivity contribution in [2.24, 2.45) is 0 Å². The number of benzene rings is 1. The molecule has 2 aliphatic rings. The van der Waals surface area contributed by atoms with Crippen LogP contribution in [0.1, 0.15) is 53.8 Å². The van der Waals surface area contributed by atoms with Crippen LogP contribution in [-0.4, -0.2) is 52.5 Å². The molecule has 146 valence electrons. The van der Waals surface area contributed by atoms with Gasteiger partial charge < -0.3 is 15.0 Å². The number of carbonyl (C=O) groups is 1. The Labute approximate surface area is 165 Å². The third-order valence-electron chi connectivity index (χ3n) is 5.43. The van der Waals surface area contributed by atoms with Crippen molar-refractivity contribution in [1.29, 1.82) is 0 Å². The van der Waals surface area contributed by atoms with E-state index in [0.29, 0.717) is 11.7 Å². The van der Waals surface area contributed by atoms with E-state index in [1.54, 1.807) is 7.11 Å². The first-order valence-corrected chi connectivity index (χ1v) is 9.34. The number of aromatic nitrogens is 3.